The molecule has 1 aromatic carbocycles. The van der Waals surface area contributed by atoms with E-state index in [1.54, 1.807) is 0 Å². The van der Waals surface area contributed by atoms with Gasteiger partial charge in [0.15, 0.2) is 0 Å². The first-order chi connectivity index (χ1) is 8.77. The van der Waals surface area contributed by atoms with Crippen LogP contribution in [-0.2, 0) is 9.53 Å². The standard InChI is InChI=1S/C13H18N2O3.ClH/c16-12(10-4-2-1-3-5-10)8-15-13(17)11-9-18-7-6-14-11;/h1-5,11-12,14,16H,6-9H2,(H,15,17);1H. The first-order valence-electron chi connectivity index (χ1n) is 6.09. The van der Waals surface area contributed by atoms with E-state index in [9.17, 15) is 9.90 Å². The van der Waals surface area contributed by atoms with Gasteiger partial charge in [-0.05, 0) is 5.56 Å². The highest BCUT2D eigenvalue weighted by Gasteiger charge is 2.21. The molecule has 5 nitrogen and oxygen atoms in total. The van der Waals surface area contributed by atoms with Crippen LogP contribution in [0.1, 0.15) is 11.7 Å². The first-order valence-corrected chi connectivity index (χ1v) is 6.09. The van der Waals surface area contributed by atoms with Crippen LogP contribution < -0.4 is 10.6 Å². The fraction of sp³-hybridized carbons (Fsp3) is 0.462. The summed E-state index contributed by atoms with van der Waals surface area (Å²) in [6.07, 6.45) is -0.681. The van der Waals surface area contributed by atoms with E-state index in [2.05, 4.69) is 10.6 Å². The van der Waals surface area contributed by atoms with Gasteiger partial charge in [0.05, 0.1) is 19.3 Å². The van der Waals surface area contributed by atoms with Crippen molar-refractivity contribution in [2.24, 2.45) is 0 Å². The van der Waals surface area contributed by atoms with Crippen LogP contribution in [0.4, 0.5) is 0 Å². The van der Waals surface area contributed by atoms with E-state index in [1.807, 2.05) is 30.3 Å². The minimum Gasteiger partial charge on any atom is -0.387 e. The van der Waals surface area contributed by atoms with Crippen molar-refractivity contribution >= 4 is 18.3 Å². The van der Waals surface area contributed by atoms with Gasteiger partial charge in [-0.3, -0.25) is 4.79 Å². The maximum atomic E-state index is 11.8. The Labute approximate surface area is 118 Å². The molecule has 1 amide bonds. The molecule has 19 heavy (non-hydrogen) atoms. The molecule has 106 valence electrons. The van der Waals surface area contributed by atoms with Gasteiger partial charge in [-0.2, -0.15) is 0 Å². The summed E-state index contributed by atoms with van der Waals surface area (Å²) in [6.45, 7) is 1.91. The van der Waals surface area contributed by atoms with Crippen molar-refractivity contribution in [2.45, 2.75) is 12.1 Å². The number of rotatable bonds is 4. The maximum Gasteiger partial charge on any atom is 0.239 e. The van der Waals surface area contributed by atoms with Crippen LogP contribution in [0.15, 0.2) is 30.3 Å². The molecule has 1 fully saturated rings. The molecule has 0 radical (unpaired) electrons. The van der Waals surface area contributed by atoms with Crippen LogP contribution in [0.5, 0.6) is 0 Å². The smallest absolute Gasteiger partial charge is 0.239 e. The topological polar surface area (TPSA) is 70.6 Å². The summed E-state index contributed by atoms with van der Waals surface area (Å²) >= 11 is 0. The molecule has 1 aliphatic heterocycles. The van der Waals surface area contributed by atoms with Gasteiger partial charge in [0.2, 0.25) is 5.91 Å². The van der Waals surface area contributed by atoms with Crippen molar-refractivity contribution in [3.8, 4) is 0 Å². The van der Waals surface area contributed by atoms with Crippen LogP contribution in [-0.4, -0.2) is 43.4 Å². The molecule has 2 rings (SSSR count). The number of amides is 1. The van der Waals surface area contributed by atoms with Gasteiger partial charge >= 0.3 is 0 Å². The number of benzene rings is 1. The van der Waals surface area contributed by atoms with Crippen LogP contribution >= 0.6 is 12.4 Å². The van der Waals surface area contributed by atoms with Crippen molar-refractivity contribution in [3.05, 3.63) is 35.9 Å². The third-order valence-electron chi connectivity index (χ3n) is 2.89. The molecular weight excluding hydrogens is 268 g/mol. The molecular formula is C13H19ClN2O3. The lowest BCUT2D eigenvalue weighted by molar-refractivity contribution is -0.126. The summed E-state index contributed by atoms with van der Waals surface area (Å²) in [5.41, 5.74) is 0.797. The molecule has 2 atom stereocenters. The molecule has 3 N–H and O–H groups in total. The Bertz CT molecular complexity index is 383. The molecule has 1 aromatic rings. The van der Waals surface area contributed by atoms with E-state index < -0.39 is 6.10 Å². The van der Waals surface area contributed by atoms with Crippen molar-refractivity contribution < 1.29 is 14.6 Å². The summed E-state index contributed by atoms with van der Waals surface area (Å²) in [5.74, 6) is -0.135. The minimum absolute atomic E-state index is 0. The van der Waals surface area contributed by atoms with Crippen molar-refractivity contribution in [1.29, 1.82) is 0 Å². The number of carbonyl (C=O) groups excluding carboxylic acids is 1. The number of morpholine rings is 1. The molecule has 0 aromatic heterocycles. The summed E-state index contributed by atoms with van der Waals surface area (Å²) in [7, 11) is 0. The van der Waals surface area contributed by atoms with E-state index in [4.69, 9.17) is 4.74 Å². The molecule has 1 saturated heterocycles. The zero-order chi connectivity index (χ0) is 12.8. The predicted octanol–water partition coefficient (Wildman–Crippen LogP) is 0.246. The Morgan fingerprint density at radius 3 is 2.84 bits per heavy atom. The Morgan fingerprint density at radius 2 is 2.21 bits per heavy atom. The van der Waals surface area contributed by atoms with Gasteiger partial charge in [-0.15, -0.1) is 12.4 Å². The average molecular weight is 287 g/mol. The summed E-state index contributed by atoms with van der Waals surface area (Å²) in [4.78, 5) is 11.8. The first kappa shape index (κ1) is 15.9. The highest BCUT2D eigenvalue weighted by Crippen LogP contribution is 2.10. The molecule has 0 spiro atoms. The molecule has 1 heterocycles. The van der Waals surface area contributed by atoms with Gasteiger partial charge in [0, 0.05) is 13.1 Å². The van der Waals surface area contributed by atoms with Crippen molar-refractivity contribution in [2.75, 3.05) is 26.3 Å². The fourth-order valence-electron chi connectivity index (χ4n) is 1.85. The molecule has 6 heteroatoms. The number of carbonyl (C=O) groups is 1. The van der Waals surface area contributed by atoms with Crippen molar-refractivity contribution in [1.82, 2.24) is 10.6 Å². The molecule has 1 aliphatic rings. The normalized spacial score (nSPS) is 20.2. The number of aliphatic hydroxyl groups excluding tert-OH is 1. The zero-order valence-electron chi connectivity index (χ0n) is 10.5. The number of aliphatic hydroxyl groups is 1. The second kappa shape index (κ2) is 8.12. The van der Waals surface area contributed by atoms with E-state index in [-0.39, 0.29) is 30.9 Å². The summed E-state index contributed by atoms with van der Waals surface area (Å²) in [5, 5.41) is 15.7. The van der Waals surface area contributed by atoms with E-state index >= 15 is 0 Å². The monoisotopic (exact) mass is 286 g/mol. The number of hydrogen-bond donors (Lipinski definition) is 3. The largest absolute Gasteiger partial charge is 0.387 e. The molecule has 0 bridgehead atoms. The average Bonchev–Trinajstić information content (AvgIpc) is 2.46. The number of hydrogen-bond acceptors (Lipinski definition) is 4. The third-order valence-corrected chi connectivity index (χ3v) is 2.89. The summed E-state index contributed by atoms with van der Waals surface area (Å²) in [6, 6.07) is 8.95. The highest BCUT2D eigenvalue weighted by atomic mass is 35.5. The van der Waals surface area contributed by atoms with Gasteiger partial charge in [0.25, 0.3) is 0 Å². The minimum atomic E-state index is -0.681. The number of ether oxygens (including phenoxy) is 1. The second-order valence-corrected chi connectivity index (χ2v) is 4.25. The zero-order valence-corrected chi connectivity index (χ0v) is 11.4. The van der Waals surface area contributed by atoms with Crippen LogP contribution in [0.25, 0.3) is 0 Å². The Kier molecular flexibility index (Phi) is 6.80. The lowest BCUT2D eigenvalue weighted by Gasteiger charge is -2.23. The SMILES string of the molecule is Cl.O=C(NCC(O)c1ccccc1)C1COCCN1. The van der Waals surface area contributed by atoms with Gasteiger partial charge in [-0.1, -0.05) is 30.3 Å². The van der Waals surface area contributed by atoms with Crippen LogP contribution in [0, 0.1) is 0 Å². The Hall–Kier alpha value is -1.14. The molecule has 2 unspecified atom stereocenters. The summed E-state index contributed by atoms with van der Waals surface area (Å²) < 4.78 is 5.21. The molecule has 0 aliphatic carbocycles. The lowest BCUT2D eigenvalue weighted by atomic mass is 10.1. The Morgan fingerprint density at radius 1 is 1.47 bits per heavy atom. The fourth-order valence-corrected chi connectivity index (χ4v) is 1.85. The number of halogens is 1. The van der Waals surface area contributed by atoms with Gasteiger partial charge < -0.3 is 20.5 Å². The van der Waals surface area contributed by atoms with E-state index in [1.165, 1.54) is 0 Å². The number of nitrogens with one attached hydrogen (secondary N) is 2. The highest BCUT2D eigenvalue weighted by molar-refractivity contribution is 5.85. The quantitative estimate of drug-likeness (QED) is 0.742. The maximum absolute atomic E-state index is 11.8. The van der Waals surface area contributed by atoms with Crippen molar-refractivity contribution in [3.63, 3.8) is 0 Å². The second-order valence-electron chi connectivity index (χ2n) is 4.25. The van der Waals surface area contributed by atoms with E-state index in [0.717, 1.165) is 5.56 Å². The predicted molar refractivity (Wildman–Crippen MR) is 74.3 cm³/mol. The molecule has 0 saturated carbocycles. The third kappa shape index (κ3) is 4.80. The van der Waals surface area contributed by atoms with Gasteiger partial charge in [-0.25, -0.2) is 0 Å². The van der Waals surface area contributed by atoms with Crippen LogP contribution in [0.3, 0.4) is 0 Å². The van der Waals surface area contributed by atoms with E-state index in [0.29, 0.717) is 19.8 Å². The Balaban J connectivity index is 0.00000180. The van der Waals surface area contributed by atoms with Crippen LogP contribution in [0.2, 0.25) is 0 Å². The van der Waals surface area contributed by atoms with Gasteiger partial charge in [0.1, 0.15) is 6.04 Å². The lowest BCUT2D eigenvalue weighted by Crippen LogP contribution is -2.51.